The van der Waals surface area contributed by atoms with Crippen LogP contribution in [0.2, 0.25) is 0 Å². The van der Waals surface area contributed by atoms with Crippen LogP contribution in [-0.4, -0.2) is 53.1 Å². The van der Waals surface area contributed by atoms with Gasteiger partial charge in [0.05, 0.1) is 18.2 Å². The van der Waals surface area contributed by atoms with Crippen molar-refractivity contribution in [1.29, 1.82) is 0 Å². The molecule has 120 valence electrons. The van der Waals surface area contributed by atoms with Crippen molar-refractivity contribution in [3.8, 4) is 0 Å². The maximum atomic E-state index is 13.0. The Morgan fingerprint density at radius 1 is 1.19 bits per heavy atom. The molecular weight excluding hydrogens is 262 g/mol. The van der Waals surface area contributed by atoms with Crippen LogP contribution in [0.1, 0.15) is 59.3 Å². The van der Waals surface area contributed by atoms with Crippen LogP contribution >= 0.6 is 0 Å². The molecule has 0 radical (unpaired) electrons. The molecule has 3 fully saturated rings. The van der Waals surface area contributed by atoms with Gasteiger partial charge in [0.2, 0.25) is 5.91 Å². The summed E-state index contributed by atoms with van der Waals surface area (Å²) in [7, 11) is 0. The Labute approximate surface area is 129 Å². The van der Waals surface area contributed by atoms with E-state index in [2.05, 4.69) is 35.9 Å². The van der Waals surface area contributed by atoms with Crippen LogP contribution in [0.15, 0.2) is 0 Å². The van der Waals surface area contributed by atoms with Gasteiger partial charge in [0, 0.05) is 12.6 Å². The van der Waals surface area contributed by atoms with E-state index in [1.165, 1.54) is 38.8 Å². The third kappa shape index (κ3) is 2.61. The quantitative estimate of drug-likeness (QED) is 0.863. The van der Waals surface area contributed by atoms with Gasteiger partial charge >= 0.3 is 0 Å². The Bertz CT molecular complexity index is 386. The molecule has 0 aliphatic carbocycles. The van der Waals surface area contributed by atoms with Crippen LogP contribution in [0.5, 0.6) is 0 Å². The van der Waals surface area contributed by atoms with Crippen molar-refractivity contribution in [2.45, 2.75) is 83.6 Å². The van der Waals surface area contributed by atoms with Crippen LogP contribution in [0.25, 0.3) is 0 Å². The van der Waals surface area contributed by atoms with E-state index in [0.29, 0.717) is 23.9 Å². The Morgan fingerprint density at radius 2 is 2.00 bits per heavy atom. The van der Waals surface area contributed by atoms with E-state index in [1.807, 2.05) is 0 Å². The summed E-state index contributed by atoms with van der Waals surface area (Å²) in [6.45, 7) is 9.01. The van der Waals surface area contributed by atoms with E-state index in [1.54, 1.807) is 0 Å². The van der Waals surface area contributed by atoms with Crippen LogP contribution in [0, 0.1) is 5.92 Å². The molecule has 1 amide bonds. The first-order valence-corrected chi connectivity index (χ1v) is 8.99. The second-order valence-corrected chi connectivity index (χ2v) is 7.15. The van der Waals surface area contributed by atoms with Gasteiger partial charge in [-0.05, 0) is 38.1 Å². The number of amides is 1. The van der Waals surface area contributed by atoms with Crippen LogP contribution in [-0.2, 0) is 4.79 Å². The highest BCUT2D eigenvalue weighted by Gasteiger charge is 2.48. The third-order valence-electron chi connectivity index (χ3n) is 6.01. The third-order valence-corrected chi connectivity index (χ3v) is 6.01. The van der Waals surface area contributed by atoms with Crippen molar-refractivity contribution >= 4 is 5.91 Å². The highest BCUT2D eigenvalue weighted by molar-refractivity contribution is 5.85. The molecule has 0 saturated carbocycles. The number of nitrogens with zero attached hydrogens (tertiary/aromatic N) is 2. The topological polar surface area (TPSA) is 35.6 Å². The molecule has 3 aliphatic rings. The molecule has 3 heterocycles. The number of rotatable bonds is 4. The summed E-state index contributed by atoms with van der Waals surface area (Å²) >= 11 is 0. The Hall–Kier alpha value is -0.610. The second-order valence-electron chi connectivity index (χ2n) is 7.15. The molecule has 4 heteroatoms. The summed E-state index contributed by atoms with van der Waals surface area (Å²) < 4.78 is 0. The van der Waals surface area contributed by atoms with Gasteiger partial charge in [-0.3, -0.25) is 15.0 Å². The zero-order chi connectivity index (χ0) is 15.0. The largest absolute Gasteiger partial charge is 0.321 e. The van der Waals surface area contributed by atoms with E-state index in [9.17, 15) is 4.79 Å². The van der Waals surface area contributed by atoms with E-state index < -0.39 is 0 Å². The second kappa shape index (κ2) is 6.25. The van der Waals surface area contributed by atoms with Gasteiger partial charge in [0.15, 0.2) is 0 Å². The van der Waals surface area contributed by atoms with Gasteiger partial charge in [-0.1, -0.05) is 33.6 Å². The molecule has 4 nitrogen and oxygen atoms in total. The predicted octanol–water partition coefficient (Wildman–Crippen LogP) is 2.20. The van der Waals surface area contributed by atoms with Crippen molar-refractivity contribution in [1.82, 2.24) is 15.1 Å². The summed E-state index contributed by atoms with van der Waals surface area (Å²) in [4.78, 5) is 17.9. The fraction of sp³-hybridized carbons (Fsp3) is 0.941. The van der Waals surface area contributed by atoms with E-state index in [4.69, 9.17) is 0 Å². The monoisotopic (exact) mass is 293 g/mol. The minimum absolute atomic E-state index is 0.0394. The summed E-state index contributed by atoms with van der Waals surface area (Å²) in [6.07, 6.45) is 7.44. The van der Waals surface area contributed by atoms with Crippen molar-refractivity contribution < 1.29 is 4.79 Å². The van der Waals surface area contributed by atoms with Gasteiger partial charge in [0.1, 0.15) is 0 Å². The molecule has 3 aliphatic heterocycles. The molecule has 1 N–H and O–H groups in total. The van der Waals surface area contributed by atoms with Crippen LogP contribution in [0.3, 0.4) is 0 Å². The smallest absolute Gasteiger partial charge is 0.241 e. The van der Waals surface area contributed by atoms with Crippen molar-refractivity contribution in [2.24, 2.45) is 5.92 Å². The molecule has 0 bridgehead atoms. The molecule has 0 spiro atoms. The number of hydrogen-bond donors (Lipinski definition) is 1. The number of carbonyl (C=O) groups excluding carboxylic acids is 1. The first kappa shape index (κ1) is 15.3. The average Bonchev–Trinajstić information content (AvgIpc) is 3.07. The molecule has 21 heavy (non-hydrogen) atoms. The van der Waals surface area contributed by atoms with Crippen molar-refractivity contribution in [2.75, 3.05) is 13.1 Å². The average molecular weight is 293 g/mol. The zero-order valence-corrected chi connectivity index (χ0v) is 13.8. The lowest BCUT2D eigenvalue weighted by atomic mass is 9.96. The highest BCUT2D eigenvalue weighted by Crippen LogP contribution is 2.34. The molecule has 3 saturated heterocycles. The SMILES string of the molecule is CCC(C)C1NC(CC)N(C2CCN3CCCCC23)C1=O. The maximum Gasteiger partial charge on any atom is 0.241 e. The van der Waals surface area contributed by atoms with Crippen molar-refractivity contribution in [3.63, 3.8) is 0 Å². The number of carbonyl (C=O) groups is 1. The Morgan fingerprint density at radius 3 is 2.71 bits per heavy atom. The summed E-state index contributed by atoms with van der Waals surface area (Å²) in [5.41, 5.74) is 0. The van der Waals surface area contributed by atoms with Gasteiger partial charge in [-0.2, -0.15) is 0 Å². The molecule has 0 aromatic carbocycles. The minimum atomic E-state index is 0.0394. The molecule has 0 aromatic heterocycles. The lowest BCUT2D eigenvalue weighted by Gasteiger charge is -2.38. The normalized spacial score (nSPS) is 38.8. The van der Waals surface area contributed by atoms with Gasteiger partial charge in [0.25, 0.3) is 0 Å². The first-order valence-electron chi connectivity index (χ1n) is 8.99. The Kier molecular flexibility index (Phi) is 4.55. The summed E-state index contributed by atoms with van der Waals surface area (Å²) in [5, 5.41) is 3.62. The van der Waals surface area contributed by atoms with Crippen LogP contribution < -0.4 is 5.32 Å². The molecular formula is C17H31N3O. The van der Waals surface area contributed by atoms with Gasteiger partial charge < -0.3 is 4.90 Å². The standard InChI is InChI=1S/C17H31N3O/c1-4-12(3)16-17(21)20(15(5-2)18-16)14-9-11-19-10-7-6-8-13(14)19/h12-16,18H,4-11H2,1-3H3. The Balaban J connectivity index is 1.78. The molecule has 0 aromatic rings. The van der Waals surface area contributed by atoms with Crippen LogP contribution in [0.4, 0.5) is 0 Å². The molecule has 3 rings (SSSR count). The number of hydrogen-bond acceptors (Lipinski definition) is 3. The lowest BCUT2D eigenvalue weighted by molar-refractivity contribution is -0.133. The first-order chi connectivity index (χ1) is 10.2. The number of piperidine rings is 1. The number of fused-ring (bicyclic) bond motifs is 1. The fourth-order valence-corrected chi connectivity index (χ4v) is 4.57. The van der Waals surface area contributed by atoms with E-state index in [-0.39, 0.29) is 12.2 Å². The fourth-order valence-electron chi connectivity index (χ4n) is 4.57. The molecule has 5 unspecified atom stereocenters. The van der Waals surface area contributed by atoms with E-state index >= 15 is 0 Å². The van der Waals surface area contributed by atoms with Gasteiger partial charge in [-0.15, -0.1) is 0 Å². The predicted molar refractivity (Wildman–Crippen MR) is 84.9 cm³/mol. The number of nitrogens with one attached hydrogen (secondary N) is 1. The highest BCUT2D eigenvalue weighted by atomic mass is 16.2. The van der Waals surface area contributed by atoms with Crippen molar-refractivity contribution in [3.05, 3.63) is 0 Å². The van der Waals surface area contributed by atoms with Gasteiger partial charge in [-0.25, -0.2) is 0 Å². The van der Waals surface area contributed by atoms with E-state index in [0.717, 1.165) is 12.8 Å². The molecule has 5 atom stereocenters. The minimum Gasteiger partial charge on any atom is -0.321 e. The zero-order valence-electron chi connectivity index (χ0n) is 13.8. The maximum absolute atomic E-state index is 13.0. The summed E-state index contributed by atoms with van der Waals surface area (Å²) in [6, 6.07) is 1.11. The summed E-state index contributed by atoms with van der Waals surface area (Å²) in [5.74, 6) is 0.800. The lowest BCUT2D eigenvalue weighted by Crippen LogP contribution is -2.51.